The van der Waals surface area contributed by atoms with E-state index in [4.69, 9.17) is 5.84 Å². The van der Waals surface area contributed by atoms with Crippen molar-refractivity contribution in [1.29, 1.82) is 0 Å². The molecule has 0 spiro atoms. The molecular weight excluding hydrogens is 258 g/mol. The molecule has 2 aliphatic heterocycles. The number of aromatic nitrogens is 3. The third-order valence-corrected chi connectivity index (χ3v) is 3.96. The molecule has 1 aromatic rings. The Labute approximate surface area is 118 Å². The SMILES string of the molecule is NNc1nc(N2CCCC2)nc(N2CCC(CO)C2)n1. The number of aliphatic hydroxyl groups excluding tert-OH is 1. The van der Waals surface area contributed by atoms with Gasteiger partial charge in [0.15, 0.2) is 0 Å². The molecule has 0 aromatic carbocycles. The van der Waals surface area contributed by atoms with Gasteiger partial charge in [0.1, 0.15) is 0 Å². The molecule has 4 N–H and O–H groups in total. The largest absolute Gasteiger partial charge is 0.396 e. The van der Waals surface area contributed by atoms with E-state index in [1.165, 1.54) is 12.8 Å². The van der Waals surface area contributed by atoms with Gasteiger partial charge in [0.05, 0.1) is 0 Å². The summed E-state index contributed by atoms with van der Waals surface area (Å²) in [4.78, 5) is 17.5. The molecule has 110 valence electrons. The Morgan fingerprint density at radius 1 is 1.10 bits per heavy atom. The number of hydrazine groups is 1. The average molecular weight is 279 g/mol. The number of nitrogens with one attached hydrogen (secondary N) is 1. The molecule has 2 fully saturated rings. The highest BCUT2D eigenvalue weighted by Crippen LogP contribution is 2.24. The fraction of sp³-hybridized carbons (Fsp3) is 0.750. The van der Waals surface area contributed by atoms with Crippen LogP contribution in [0.3, 0.4) is 0 Å². The highest BCUT2D eigenvalue weighted by Gasteiger charge is 2.26. The number of nitrogens with zero attached hydrogens (tertiary/aromatic N) is 5. The van der Waals surface area contributed by atoms with Gasteiger partial charge >= 0.3 is 0 Å². The standard InChI is InChI=1S/C12H21N7O/c13-17-10-14-11(18-4-1-2-5-18)16-12(15-10)19-6-3-9(7-19)8-20/h9,20H,1-8,13H2,(H,14,15,16,17). The number of nitrogen functional groups attached to an aromatic ring is 1. The Bertz CT molecular complexity index is 463. The van der Waals surface area contributed by atoms with Crippen molar-refractivity contribution in [3.63, 3.8) is 0 Å². The molecule has 8 nitrogen and oxygen atoms in total. The molecule has 1 unspecified atom stereocenters. The van der Waals surface area contributed by atoms with Gasteiger partial charge in [-0.3, -0.25) is 5.43 Å². The molecule has 0 amide bonds. The van der Waals surface area contributed by atoms with E-state index in [0.29, 0.717) is 23.8 Å². The molecule has 0 aliphatic carbocycles. The lowest BCUT2D eigenvalue weighted by molar-refractivity contribution is 0.238. The van der Waals surface area contributed by atoms with Crippen LogP contribution < -0.4 is 21.1 Å². The quantitative estimate of drug-likeness (QED) is 0.504. The summed E-state index contributed by atoms with van der Waals surface area (Å²) in [6.45, 7) is 3.81. The molecule has 0 saturated carbocycles. The van der Waals surface area contributed by atoms with Crippen LogP contribution in [0.25, 0.3) is 0 Å². The lowest BCUT2D eigenvalue weighted by Crippen LogP contribution is -2.27. The second kappa shape index (κ2) is 5.76. The van der Waals surface area contributed by atoms with Crippen molar-refractivity contribution in [3.8, 4) is 0 Å². The van der Waals surface area contributed by atoms with E-state index >= 15 is 0 Å². The highest BCUT2D eigenvalue weighted by molar-refractivity contribution is 5.45. The van der Waals surface area contributed by atoms with Gasteiger partial charge < -0.3 is 14.9 Å². The van der Waals surface area contributed by atoms with E-state index in [1.807, 2.05) is 0 Å². The van der Waals surface area contributed by atoms with Crippen LogP contribution >= 0.6 is 0 Å². The lowest BCUT2D eigenvalue weighted by atomic mass is 10.1. The smallest absolute Gasteiger partial charge is 0.243 e. The van der Waals surface area contributed by atoms with Gasteiger partial charge in [-0.2, -0.15) is 15.0 Å². The van der Waals surface area contributed by atoms with E-state index in [1.54, 1.807) is 0 Å². The summed E-state index contributed by atoms with van der Waals surface area (Å²) < 4.78 is 0. The van der Waals surface area contributed by atoms with Gasteiger partial charge in [-0.25, -0.2) is 5.84 Å². The normalized spacial score (nSPS) is 22.6. The molecule has 0 radical (unpaired) electrons. The van der Waals surface area contributed by atoms with Gasteiger partial charge in [-0.15, -0.1) is 0 Å². The zero-order valence-corrected chi connectivity index (χ0v) is 11.5. The third kappa shape index (κ3) is 2.61. The first-order chi connectivity index (χ1) is 9.80. The molecule has 3 heterocycles. The summed E-state index contributed by atoms with van der Waals surface area (Å²) in [6.07, 6.45) is 3.30. The first kappa shape index (κ1) is 13.3. The van der Waals surface area contributed by atoms with Gasteiger partial charge in [-0.1, -0.05) is 0 Å². The summed E-state index contributed by atoms with van der Waals surface area (Å²) in [7, 11) is 0. The molecular formula is C12H21N7O. The van der Waals surface area contributed by atoms with Crippen molar-refractivity contribution in [2.45, 2.75) is 19.3 Å². The number of rotatable bonds is 4. The molecule has 1 atom stereocenters. The van der Waals surface area contributed by atoms with Gasteiger partial charge in [0, 0.05) is 38.7 Å². The van der Waals surface area contributed by atoms with E-state index in [9.17, 15) is 5.11 Å². The fourth-order valence-electron chi connectivity index (χ4n) is 2.78. The van der Waals surface area contributed by atoms with E-state index in [0.717, 1.165) is 32.6 Å². The molecule has 8 heteroatoms. The van der Waals surface area contributed by atoms with Gasteiger partial charge in [0.2, 0.25) is 17.8 Å². The van der Waals surface area contributed by atoms with Crippen LogP contribution in [0.2, 0.25) is 0 Å². The van der Waals surface area contributed by atoms with Gasteiger partial charge in [-0.05, 0) is 19.3 Å². The van der Waals surface area contributed by atoms with Gasteiger partial charge in [0.25, 0.3) is 0 Å². The van der Waals surface area contributed by atoms with Crippen molar-refractivity contribution in [3.05, 3.63) is 0 Å². The number of aliphatic hydroxyl groups is 1. The lowest BCUT2D eigenvalue weighted by Gasteiger charge is -2.20. The summed E-state index contributed by atoms with van der Waals surface area (Å²) in [5.74, 6) is 7.49. The maximum Gasteiger partial charge on any atom is 0.243 e. The first-order valence-corrected chi connectivity index (χ1v) is 7.13. The second-order valence-corrected chi connectivity index (χ2v) is 5.38. The Kier molecular flexibility index (Phi) is 3.83. The van der Waals surface area contributed by atoms with Crippen molar-refractivity contribution in [1.82, 2.24) is 15.0 Å². The minimum absolute atomic E-state index is 0.211. The van der Waals surface area contributed by atoms with E-state index in [2.05, 4.69) is 30.2 Å². The minimum Gasteiger partial charge on any atom is -0.396 e. The van der Waals surface area contributed by atoms with Crippen molar-refractivity contribution < 1.29 is 5.11 Å². The fourth-order valence-corrected chi connectivity index (χ4v) is 2.78. The van der Waals surface area contributed by atoms with Crippen LogP contribution in [0.4, 0.5) is 17.8 Å². The monoisotopic (exact) mass is 279 g/mol. The predicted molar refractivity (Wildman–Crippen MR) is 76.5 cm³/mol. The molecule has 2 aliphatic rings. The summed E-state index contributed by atoms with van der Waals surface area (Å²) in [5, 5.41) is 9.24. The summed E-state index contributed by atoms with van der Waals surface area (Å²) in [6, 6.07) is 0. The van der Waals surface area contributed by atoms with Crippen LogP contribution in [0.5, 0.6) is 0 Å². The molecule has 20 heavy (non-hydrogen) atoms. The van der Waals surface area contributed by atoms with Crippen LogP contribution in [-0.2, 0) is 0 Å². The van der Waals surface area contributed by atoms with Crippen LogP contribution in [0, 0.1) is 5.92 Å². The topological polar surface area (TPSA) is 103 Å². The van der Waals surface area contributed by atoms with Crippen LogP contribution in [0.1, 0.15) is 19.3 Å². The van der Waals surface area contributed by atoms with Crippen molar-refractivity contribution >= 4 is 17.8 Å². The average Bonchev–Trinajstić information content (AvgIpc) is 3.17. The first-order valence-electron chi connectivity index (χ1n) is 7.13. The summed E-state index contributed by atoms with van der Waals surface area (Å²) >= 11 is 0. The zero-order valence-electron chi connectivity index (χ0n) is 11.5. The van der Waals surface area contributed by atoms with Crippen molar-refractivity contribution in [2.75, 3.05) is 48.0 Å². The Morgan fingerprint density at radius 3 is 2.40 bits per heavy atom. The number of hydrogen-bond acceptors (Lipinski definition) is 8. The highest BCUT2D eigenvalue weighted by atomic mass is 16.3. The molecule has 3 rings (SSSR count). The Balaban J connectivity index is 1.84. The second-order valence-electron chi connectivity index (χ2n) is 5.38. The predicted octanol–water partition coefficient (Wildman–Crippen LogP) is -0.424. The third-order valence-electron chi connectivity index (χ3n) is 3.96. The maximum absolute atomic E-state index is 9.24. The minimum atomic E-state index is 0.211. The number of hydrogen-bond donors (Lipinski definition) is 3. The Hall–Kier alpha value is -1.67. The number of anilines is 3. The van der Waals surface area contributed by atoms with Crippen LogP contribution in [0.15, 0.2) is 0 Å². The number of nitrogens with two attached hydrogens (primary N) is 1. The van der Waals surface area contributed by atoms with Crippen molar-refractivity contribution in [2.24, 2.45) is 11.8 Å². The van der Waals surface area contributed by atoms with Crippen LogP contribution in [-0.4, -0.2) is 52.8 Å². The molecule has 1 aromatic heterocycles. The molecule has 0 bridgehead atoms. The summed E-state index contributed by atoms with van der Waals surface area (Å²) in [5.41, 5.74) is 2.51. The Morgan fingerprint density at radius 2 is 1.80 bits per heavy atom. The zero-order chi connectivity index (χ0) is 13.9. The maximum atomic E-state index is 9.24. The van der Waals surface area contributed by atoms with E-state index in [-0.39, 0.29) is 6.61 Å². The molecule has 2 saturated heterocycles. The van der Waals surface area contributed by atoms with E-state index < -0.39 is 0 Å².